The lowest BCUT2D eigenvalue weighted by Gasteiger charge is -2.03. The van der Waals surface area contributed by atoms with Crippen LogP contribution in [0.3, 0.4) is 0 Å². The average Bonchev–Trinajstić information content (AvgIpc) is 2.23. The van der Waals surface area contributed by atoms with E-state index in [1.807, 2.05) is 0 Å². The van der Waals surface area contributed by atoms with Crippen LogP contribution in [0.2, 0.25) is 0 Å². The smallest absolute Gasteiger partial charge is 0.274 e. The summed E-state index contributed by atoms with van der Waals surface area (Å²) in [5.41, 5.74) is 5.33. The Balaban J connectivity index is 2.72. The summed E-state index contributed by atoms with van der Waals surface area (Å²) in [5.74, 6) is -0.639. The van der Waals surface area contributed by atoms with Crippen molar-refractivity contribution in [3.63, 3.8) is 0 Å². The number of nitrogens with two attached hydrogens (primary N) is 1. The van der Waals surface area contributed by atoms with Gasteiger partial charge in [0.25, 0.3) is 5.69 Å². The van der Waals surface area contributed by atoms with Gasteiger partial charge in [-0.15, -0.1) is 0 Å². The highest BCUT2D eigenvalue weighted by molar-refractivity contribution is 5.51. The van der Waals surface area contributed by atoms with E-state index in [1.54, 1.807) is 12.2 Å². The first-order chi connectivity index (χ1) is 7.63. The highest BCUT2D eigenvalue weighted by Gasteiger charge is 2.08. The van der Waals surface area contributed by atoms with Gasteiger partial charge in [0.15, 0.2) is 0 Å². The molecule has 0 aliphatic heterocycles. The summed E-state index contributed by atoms with van der Waals surface area (Å²) in [6.07, 6.45) is 3.50. The van der Waals surface area contributed by atoms with Gasteiger partial charge in [-0.1, -0.05) is 12.2 Å². The number of non-ortho nitro benzene ring substituents is 1. The molecule has 0 bridgehead atoms. The van der Waals surface area contributed by atoms with Gasteiger partial charge in [0.05, 0.1) is 11.0 Å². The van der Waals surface area contributed by atoms with Crippen molar-refractivity contribution in [1.82, 2.24) is 0 Å². The monoisotopic (exact) mass is 225 g/mol. The van der Waals surface area contributed by atoms with Crippen LogP contribution in [0.15, 0.2) is 30.4 Å². The van der Waals surface area contributed by atoms with Gasteiger partial charge in [0, 0.05) is 24.8 Å². The Morgan fingerprint density at radius 3 is 2.81 bits per heavy atom. The number of hydrogen-bond acceptors (Lipinski definition) is 4. The third kappa shape index (κ3) is 3.66. The molecule has 0 radical (unpaired) electrons. The molecule has 0 heterocycles. The molecule has 86 valence electrons. The maximum atomic E-state index is 13.0. The fourth-order valence-electron chi connectivity index (χ4n) is 1.14. The van der Waals surface area contributed by atoms with Crippen LogP contribution in [0.1, 0.15) is 0 Å². The van der Waals surface area contributed by atoms with E-state index in [0.29, 0.717) is 18.8 Å². The molecule has 0 aliphatic carbocycles. The Kier molecular flexibility index (Phi) is 4.41. The van der Waals surface area contributed by atoms with Crippen LogP contribution >= 0.6 is 0 Å². The third-order valence-corrected chi connectivity index (χ3v) is 1.82. The van der Waals surface area contributed by atoms with Crippen molar-refractivity contribution in [2.24, 2.45) is 5.73 Å². The summed E-state index contributed by atoms with van der Waals surface area (Å²) in [7, 11) is 0. The highest BCUT2D eigenvalue weighted by Crippen LogP contribution is 2.19. The van der Waals surface area contributed by atoms with E-state index < -0.39 is 10.7 Å². The van der Waals surface area contributed by atoms with Crippen molar-refractivity contribution in [2.45, 2.75) is 0 Å². The number of nitrogens with zero attached hydrogens (tertiary/aromatic N) is 1. The Hall–Kier alpha value is -1.95. The molecule has 16 heavy (non-hydrogen) atoms. The van der Waals surface area contributed by atoms with E-state index in [1.165, 1.54) is 12.1 Å². The molecule has 0 amide bonds. The molecular formula is C10H12FN3O2. The SMILES string of the molecule is NC/C=C/CNc1cc(F)cc([N+](=O)[O-])c1. The Morgan fingerprint density at radius 1 is 1.44 bits per heavy atom. The van der Waals surface area contributed by atoms with Crippen molar-refractivity contribution in [1.29, 1.82) is 0 Å². The predicted octanol–water partition coefficient (Wildman–Crippen LogP) is 1.66. The molecule has 1 rings (SSSR count). The van der Waals surface area contributed by atoms with E-state index >= 15 is 0 Å². The highest BCUT2D eigenvalue weighted by atomic mass is 19.1. The standard InChI is InChI=1S/C10H12FN3O2/c11-8-5-9(13-4-2-1-3-12)7-10(6-8)14(15)16/h1-2,5-7,13H,3-4,12H2/b2-1+. The minimum atomic E-state index is -0.639. The Labute approximate surface area is 91.9 Å². The molecule has 1 aromatic rings. The van der Waals surface area contributed by atoms with Crippen LogP contribution in [0.5, 0.6) is 0 Å². The zero-order valence-electron chi connectivity index (χ0n) is 8.52. The van der Waals surface area contributed by atoms with Gasteiger partial charge in [0.2, 0.25) is 0 Å². The van der Waals surface area contributed by atoms with Crippen LogP contribution < -0.4 is 11.1 Å². The topological polar surface area (TPSA) is 81.2 Å². The number of anilines is 1. The first kappa shape index (κ1) is 12.1. The summed E-state index contributed by atoms with van der Waals surface area (Å²) in [6.45, 7) is 0.864. The van der Waals surface area contributed by atoms with E-state index in [4.69, 9.17) is 5.73 Å². The number of hydrogen-bond donors (Lipinski definition) is 2. The lowest BCUT2D eigenvalue weighted by atomic mass is 10.2. The fraction of sp³-hybridized carbons (Fsp3) is 0.200. The molecular weight excluding hydrogens is 213 g/mol. The summed E-state index contributed by atoms with van der Waals surface area (Å²) < 4.78 is 13.0. The van der Waals surface area contributed by atoms with Crippen molar-refractivity contribution in [3.05, 3.63) is 46.3 Å². The van der Waals surface area contributed by atoms with E-state index in [0.717, 1.165) is 6.07 Å². The second-order valence-corrected chi connectivity index (χ2v) is 3.04. The first-order valence-corrected chi connectivity index (χ1v) is 4.67. The quantitative estimate of drug-likeness (QED) is 0.453. The molecule has 0 fully saturated rings. The van der Waals surface area contributed by atoms with Crippen LogP contribution in [0, 0.1) is 15.9 Å². The average molecular weight is 225 g/mol. The molecule has 0 aromatic heterocycles. The van der Waals surface area contributed by atoms with Crippen LogP contribution in [-0.2, 0) is 0 Å². The maximum Gasteiger partial charge on any atom is 0.274 e. The first-order valence-electron chi connectivity index (χ1n) is 4.67. The van der Waals surface area contributed by atoms with Gasteiger partial charge in [-0.25, -0.2) is 4.39 Å². The maximum absolute atomic E-state index is 13.0. The van der Waals surface area contributed by atoms with Crippen LogP contribution in [0.25, 0.3) is 0 Å². The third-order valence-electron chi connectivity index (χ3n) is 1.82. The van der Waals surface area contributed by atoms with Crippen molar-refractivity contribution in [3.8, 4) is 0 Å². The summed E-state index contributed by atoms with van der Waals surface area (Å²) in [4.78, 5) is 9.83. The number of benzene rings is 1. The molecule has 0 atom stereocenters. The molecule has 0 saturated carbocycles. The second-order valence-electron chi connectivity index (χ2n) is 3.04. The van der Waals surface area contributed by atoms with Gasteiger partial charge in [-0.05, 0) is 6.07 Å². The Bertz CT molecular complexity index is 407. The van der Waals surface area contributed by atoms with Crippen LogP contribution in [0.4, 0.5) is 15.8 Å². The van der Waals surface area contributed by atoms with Crippen molar-refractivity contribution >= 4 is 11.4 Å². The largest absolute Gasteiger partial charge is 0.381 e. The van der Waals surface area contributed by atoms with Gasteiger partial charge in [-0.2, -0.15) is 0 Å². The molecule has 6 heteroatoms. The summed E-state index contributed by atoms with van der Waals surface area (Å²) in [5, 5.41) is 13.3. The minimum absolute atomic E-state index is 0.273. The van der Waals surface area contributed by atoms with E-state index in [9.17, 15) is 14.5 Å². The molecule has 0 saturated heterocycles. The number of halogens is 1. The second kappa shape index (κ2) is 5.82. The lowest BCUT2D eigenvalue weighted by Crippen LogP contribution is -2.01. The zero-order valence-corrected chi connectivity index (χ0v) is 8.52. The number of nitro groups is 1. The summed E-state index contributed by atoms with van der Waals surface area (Å²) >= 11 is 0. The molecule has 5 nitrogen and oxygen atoms in total. The van der Waals surface area contributed by atoms with Gasteiger partial charge in [-0.3, -0.25) is 10.1 Å². The number of rotatable bonds is 5. The molecule has 3 N–H and O–H groups in total. The van der Waals surface area contributed by atoms with Crippen molar-refractivity contribution in [2.75, 3.05) is 18.4 Å². The van der Waals surface area contributed by atoms with E-state index in [2.05, 4.69) is 5.32 Å². The van der Waals surface area contributed by atoms with Gasteiger partial charge in [0.1, 0.15) is 5.82 Å². The zero-order chi connectivity index (χ0) is 12.0. The molecule has 0 unspecified atom stereocenters. The Morgan fingerprint density at radius 2 is 2.19 bits per heavy atom. The number of nitrogens with one attached hydrogen (secondary N) is 1. The minimum Gasteiger partial charge on any atom is -0.381 e. The van der Waals surface area contributed by atoms with Crippen LogP contribution in [-0.4, -0.2) is 18.0 Å². The fourth-order valence-corrected chi connectivity index (χ4v) is 1.14. The molecule has 0 aliphatic rings. The van der Waals surface area contributed by atoms with E-state index in [-0.39, 0.29) is 5.69 Å². The number of nitro benzene ring substituents is 1. The molecule has 0 spiro atoms. The van der Waals surface area contributed by atoms with Crippen molar-refractivity contribution < 1.29 is 9.31 Å². The van der Waals surface area contributed by atoms with Gasteiger partial charge < -0.3 is 11.1 Å². The summed E-state index contributed by atoms with van der Waals surface area (Å²) in [6, 6.07) is 3.35. The normalized spacial score (nSPS) is 10.6. The lowest BCUT2D eigenvalue weighted by molar-refractivity contribution is -0.385. The molecule has 1 aromatic carbocycles. The predicted molar refractivity (Wildman–Crippen MR) is 59.7 cm³/mol. The van der Waals surface area contributed by atoms with Gasteiger partial charge >= 0.3 is 0 Å².